The molecule has 0 aliphatic carbocycles. The topological polar surface area (TPSA) is 73.8 Å². The molecule has 1 aliphatic heterocycles. The Balaban J connectivity index is 1.92. The van der Waals surface area contributed by atoms with E-state index in [9.17, 15) is 8.42 Å². The maximum Gasteiger partial charge on any atom is 0.243 e. The third-order valence-corrected chi connectivity index (χ3v) is 6.63. The number of hydrogen-bond donors (Lipinski definition) is 2. The summed E-state index contributed by atoms with van der Waals surface area (Å²) in [7, 11) is -3.34. The number of hydrogen-bond acceptors (Lipinski definition) is 3. The molecule has 0 bridgehead atoms. The van der Waals surface area contributed by atoms with Crippen LogP contribution in [0.15, 0.2) is 34.2 Å². The average Bonchev–Trinajstić information content (AvgIpc) is 3.22. The Bertz CT molecular complexity index is 680. The lowest BCUT2D eigenvalue weighted by molar-refractivity contribution is 0.477. The zero-order chi connectivity index (χ0) is 19.5. The van der Waals surface area contributed by atoms with Crippen molar-refractivity contribution < 1.29 is 8.42 Å². The van der Waals surface area contributed by atoms with Gasteiger partial charge in [0.1, 0.15) is 0 Å². The van der Waals surface area contributed by atoms with E-state index in [4.69, 9.17) is 0 Å². The molecule has 0 aromatic heterocycles. The summed E-state index contributed by atoms with van der Waals surface area (Å²) in [6.07, 6.45) is 6.77. The summed E-state index contributed by atoms with van der Waals surface area (Å²) in [5.74, 6) is 0.808. The van der Waals surface area contributed by atoms with Gasteiger partial charge in [-0.05, 0) is 43.9 Å². The highest BCUT2D eigenvalue weighted by atomic mass is 32.2. The van der Waals surface area contributed by atoms with Crippen molar-refractivity contribution in [1.29, 1.82) is 0 Å². The van der Waals surface area contributed by atoms with Gasteiger partial charge in [-0.3, -0.25) is 0 Å². The van der Waals surface area contributed by atoms with Gasteiger partial charge in [0.25, 0.3) is 0 Å². The van der Waals surface area contributed by atoms with Crippen LogP contribution in [0, 0.1) is 0 Å². The zero-order valence-electron chi connectivity index (χ0n) is 16.7. The predicted molar refractivity (Wildman–Crippen MR) is 111 cm³/mol. The van der Waals surface area contributed by atoms with Gasteiger partial charge in [-0.1, -0.05) is 38.3 Å². The van der Waals surface area contributed by atoms with Crippen LogP contribution in [0.2, 0.25) is 0 Å². The van der Waals surface area contributed by atoms with Gasteiger partial charge >= 0.3 is 0 Å². The molecule has 27 heavy (non-hydrogen) atoms. The third kappa shape index (κ3) is 6.81. The number of benzene rings is 1. The highest BCUT2D eigenvalue weighted by Crippen LogP contribution is 2.21. The highest BCUT2D eigenvalue weighted by Gasteiger charge is 2.26. The first-order valence-electron chi connectivity index (χ1n) is 10.2. The van der Waals surface area contributed by atoms with Crippen LogP contribution in [0.1, 0.15) is 57.9 Å². The molecule has 0 radical (unpaired) electrons. The molecular formula is C20H34N4O2S. The van der Waals surface area contributed by atoms with Gasteiger partial charge < -0.3 is 10.6 Å². The van der Waals surface area contributed by atoms with Crippen molar-refractivity contribution in [3.05, 3.63) is 29.8 Å². The zero-order valence-corrected chi connectivity index (χ0v) is 17.5. The number of unbranched alkanes of at least 4 members (excludes halogenated alkanes) is 3. The summed E-state index contributed by atoms with van der Waals surface area (Å²) in [6, 6.07) is 7.11. The molecule has 0 unspecified atom stereocenters. The molecule has 2 rings (SSSR count). The van der Waals surface area contributed by atoms with E-state index in [1.54, 1.807) is 16.4 Å². The second-order valence-electron chi connectivity index (χ2n) is 6.94. The second-order valence-corrected chi connectivity index (χ2v) is 8.88. The van der Waals surface area contributed by atoms with E-state index in [0.29, 0.717) is 24.5 Å². The van der Waals surface area contributed by atoms with E-state index in [2.05, 4.69) is 22.5 Å². The van der Waals surface area contributed by atoms with E-state index in [0.717, 1.165) is 43.9 Å². The first kappa shape index (κ1) is 21.7. The Morgan fingerprint density at radius 1 is 1.04 bits per heavy atom. The summed E-state index contributed by atoms with van der Waals surface area (Å²) in [4.78, 5) is 4.98. The van der Waals surface area contributed by atoms with Crippen LogP contribution in [0.3, 0.4) is 0 Å². The highest BCUT2D eigenvalue weighted by molar-refractivity contribution is 7.89. The molecule has 6 nitrogen and oxygen atoms in total. The Labute approximate surface area is 164 Å². The normalized spacial score (nSPS) is 15.9. The van der Waals surface area contributed by atoms with Crippen molar-refractivity contribution in [1.82, 2.24) is 14.9 Å². The Hall–Kier alpha value is -1.60. The standard InChI is InChI=1S/C20H34N4O2S/c1-3-5-6-7-14-22-20(21-4-2)23-17-18-10-12-19(13-11-18)27(25,26)24-15-8-9-16-24/h10-13H,3-9,14-17H2,1-2H3,(H2,21,22,23). The van der Waals surface area contributed by atoms with Gasteiger partial charge in [0, 0.05) is 26.2 Å². The molecule has 1 saturated heterocycles. The Morgan fingerprint density at radius 2 is 1.74 bits per heavy atom. The van der Waals surface area contributed by atoms with Gasteiger partial charge in [0.2, 0.25) is 10.0 Å². The molecule has 1 aromatic carbocycles. The molecule has 1 aromatic rings. The van der Waals surface area contributed by atoms with Crippen LogP contribution in [-0.4, -0.2) is 44.9 Å². The third-order valence-electron chi connectivity index (χ3n) is 4.71. The fourth-order valence-corrected chi connectivity index (χ4v) is 4.63. The molecule has 1 heterocycles. The molecule has 152 valence electrons. The predicted octanol–water partition coefficient (Wildman–Crippen LogP) is 3.11. The summed E-state index contributed by atoms with van der Waals surface area (Å²) < 4.78 is 26.7. The fourth-order valence-electron chi connectivity index (χ4n) is 3.12. The first-order chi connectivity index (χ1) is 13.1. The minimum absolute atomic E-state index is 0.373. The Kier molecular flexibility index (Phi) is 9.07. The number of aliphatic imine (C=N–C) groups is 1. The summed E-state index contributed by atoms with van der Waals surface area (Å²) >= 11 is 0. The molecule has 1 aliphatic rings. The maximum atomic E-state index is 12.6. The number of nitrogens with one attached hydrogen (secondary N) is 2. The summed E-state index contributed by atoms with van der Waals surface area (Å²) in [5.41, 5.74) is 0.999. The molecule has 0 atom stereocenters. The van der Waals surface area contributed by atoms with Gasteiger partial charge in [-0.25, -0.2) is 13.4 Å². The molecule has 2 N–H and O–H groups in total. The van der Waals surface area contributed by atoms with Crippen molar-refractivity contribution in [3.63, 3.8) is 0 Å². The smallest absolute Gasteiger partial charge is 0.243 e. The molecular weight excluding hydrogens is 360 g/mol. The fraction of sp³-hybridized carbons (Fsp3) is 0.650. The summed E-state index contributed by atoms with van der Waals surface area (Å²) in [6.45, 7) is 7.77. The van der Waals surface area contributed by atoms with Crippen molar-refractivity contribution >= 4 is 16.0 Å². The van der Waals surface area contributed by atoms with Crippen LogP contribution < -0.4 is 10.6 Å². The van der Waals surface area contributed by atoms with Crippen LogP contribution >= 0.6 is 0 Å². The van der Waals surface area contributed by atoms with E-state index >= 15 is 0 Å². The average molecular weight is 395 g/mol. The van der Waals surface area contributed by atoms with Gasteiger partial charge in [-0.15, -0.1) is 0 Å². The van der Waals surface area contributed by atoms with E-state index in [1.165, 1.54) is 19.3 Å². The first-order valence-corrected chi connectivity index (χ1v) is 11.6. The number of nitrogens with zero attached hydrogens (tertiary/aromatic N) is 2. The lowest BCUT2D eigenvalue weighted by Gasteiger charge is -2.15. The van der Waals surface area contributed by atoms with Crippen molar-refractivity contribution in [2.45, 2.75) is 63.8 Å². The van der Waals surface area contributed by atoms with Crippen molar-refractivity contribution in [3.8, 4) is 0 Å². The van der Waals surface area contributed by atoms with Crippen molar-refractivity contribution in [2.75, 3.05) is 26.2 Å². The quantitative estimate of drug-likeness (QED) is 0.363. The lowest BCUT2D eigenvalue weighted by Crippen LogP contribution is -2.37. The van der Waals surface area contributed by atoms with Crippen molar-refractivity contribution in [2.24, 2.45) is 4.99 Å². The molecule has 0 spiro atoms. The van der Waals surface area contributed by atoms with Crippen LogP contribution in [-0.2, 0) is 16.6 Å². The monoisotopic (exact) mass is 394 g/mol. The van der Waals surface area contributed by atoms with E-state index < -0.39 is 10.0 Å². The van der Waals surface area contributed by atoms with E-state index in [1.807, 2.05) is 19.1 Å². The second kappa shape index (κ2) is 11.3. The molecule has 0 amide bonds. The largest absolute Gasteiger partial charge is 0.357 e. The summed E-state index contributed by atoms with van der Waals surface area (Å²) in [5, 5.41) is 6.61. The number of sulfonamides is 1. The van der Waals surface area contributed by atoms with Crippen LogP contribution in [0.5, 0.6) is 0 Å². The minimum Gasteiger partial charge on any atom is -0.357 e. The number of guanidine groups is 1. The maximum absolute atomic E-state index is 12.6. The van der Waals surface area contributed by atoms with Gasteiger partial charge in [0.05, 0.1) is 11.4 Å². The van der Waals surface area contributed by atoms with Gasteiger partial charge in [-0.2, -0.15) is 4.31 Å². The van der Waals surface area contributed by atoms with Crippen LogP contribution in [0.25, 0.3) is 0 Å². The van der Waals surface area contributed by atoms with Crippen LogP contribution in [0.4, 0.5) is 0 Å². The molecule has 7 heteroatoms. The number of rotatable bonds is 10. The minimum atomic E-state index is -3.34. The Morgan fingerprint density at radius 3 is 2.37 bits per heavy atom. The van der Waals surface area contributed by atoms with E-state index in [-0.39, 0.29) is 0 Å². The SMILES string of the molecule is CCCCCCNC(=NCc1ccc(S(=O)(=O)N2CCCC2)cc1)NCC. The molecule has 1 fully saturated rings. The molecule has 0 saturated carbocycles. The lowest BCUT2D eigenvalue weighted by atomic mass is 10.2. The van der Waals surface area contributed by atoms with Gasteiger partial charge in [0.15, 0.2) is 5.96 Å².